The molecule has 3 N–H and O–H groups in total. The van der Waals surface area contributed by atoms with Crippen molar-refractivity contribution in [2.24, 2.45) is 5.73 Å². The quantitative estimate of drug-likeness (QED) is 0.798. The molecule has 124 valence electrons. The molecule has 0 atom stereocenters. The largest absolute Gasteiger partial charge is 0.446 e. The lowest BCUT2D eigenvalue weighted by atomic mass is 10.0. The second-order valence-corrected chi connectivity index (χ2v) is 8.14. The molecule has 0 radical (unpaired) electrons. The standard InChI is InChI=1S/C13H17F3N2O2S2/c14-13(15,16)21-10-3-5-11(6-4-10)22(19,20)18-12(9-17)7-1-2-8-12/h3-6,18H,1-2,7-9,17H2. The van der Waals surface area contributed by atoms with E-state index >= 15 is 0 Å². The predicted octanol–water partition coefficient (Wildman–Crippen LogP) is 2.85. The first kappa shape index (κ1) is 17.6. The van der Waals surface area contributed by atoms with Crippen LogP contribution in [0.15, 0.2) is 34.1 Å². The molecule has 1 aliphatic rings. The summed E-state index contributed by atoms with van der Waals surface area (Å²) < 4.78 is 64.1. The third kappa shape index (κ3) is 4.37. The van der Waals surface area contributed by atoms with Gasteiger partial charge in [0.1, 0.15) is 0 Å². The number of alkyl halides is 3. The minimum Gasteiger partial charge on any atom is -0.329 e. The first-order valence-electron chi connectivity index (χ1n) is 6.76. The number of nitrogens with one attached hydrogen (secondary N) is 1. The maximum absolute atomic E-state index is 12.4. The monoisotopic (exact) mass is 354 g/mol. The minimum absolute atomic E-state index is 0.0548. The fourth-order valence-corrected chi connectivity index (χ4v) is 4.57. The molecule has 0 unspecified atom stereocenters. The summed E-state index contributed by atoms with van der Waals surface area (Å²) in [6, 6.07) is 4.65. The summed E-state index contributed by atoms with van der Waals surface area (Å²) in [5.41, 5.74) is 0.655. The highest BCUT2D eigenvalue weighted by atomic mass is 32.2. The topological polar surface area (TPSA) is 72.2 Å². The highest BCUT2D eigenvalue weighted by Crippen LogP contribution is 2.37. The Morgan fingerprint density at radius 2 is 1.73 bits per heavy atom. The number of rotatable bonds is 5. The molecule has 0 saturated heterocycles. The molecule has 4 nitrogen and oxygen atoms in total. The average molecular weight is 354 g/mol. The van der Waals surface area contributed by atoms with Crippen molar-refractivity contribution in [2.45, 2.75) is 46.5 Å². The van der Waals surface area contributed by atoms with E-state index in [0.29, 0.717) is 12.8 Å². The molecule has 0 amide bonds. The van der Waals surface area contributed by atoms with Gasteiger partial charge in [0.15, 0.2) is 0 Å². The summed E-state index contributed by atoms with van der Waals surface area (Å²) in [4.78, 5) is -0.111. The highest BCUT2D eigenvalue weighted by Gasteiger charge is 2.37. The van der Waals surface area contributed by atoms with Crippen molar-refractivity contribution in [3.8, 4) is 0 Å². The van der Waals surface area contributed by atoms with Gasteiger partial charge in [-0.3, -0.25) is 0 Å². The Bertz CT molecular complexity index is 609. The molecule has 1 aliphatic carbocycles. The van der Waals surface area contributed by atoms with Crippen LogP contribution in [0.4, 0.5) is 13.2 Å². The van der Waals surface area contributed by atoms with Gasteiger partial charge in [-0.05, 0) is 48.9 Å². The van der Waals surface area contributed by atoms with E-state index in [1.165, 1.54) is 12.1 Å². The van der Waals surface area contributed by atoms with Crippen LogP contribution in [-0.2, 0) is 10.0 Å². The van der Waals surface area contributed by atoms with E-state index in [4.69, 9.17) is 5.73 Å². The van der Waals surface area contributed by atoms with Crippen LogP contribution >= 0.6 is 11.8 Å². The molecule has 1 saturated carbocycles. The summed E-state index contributed by atoms with van der Waals surface area (Å²) in [6.45, 7) is 0.203. The zero-order valence-electron chi connectivity index (χ0n) is 11.7. The zero-order chi connectivity index (χ0) is 16.4. The van der Waals surface area contributed by atoms with Crippen LogP contribution in [0, 0.1) is 0 Å². The van der Waals surface area contributed by atoms with E-state index in [-0.39, 0.29) is 28.1 Å². The summed E-state index contributed by atoms with van der Waals surface area (Å²) in [5.74, 6) is 0. The fourth-order valence-electron chi connectivity index (χ4n) is 2.56. The van der Waals surface area contributed by atoms with Gasteiger partial charge >= 0.3 is 5.51 Å². The van der Waals surface area contributed by atoms with Gasteiger partial charge < -0.3 is 5.73 Å². The smallest absolute Gasteiger partial charge is 0.329 e. The van der Waals surface area contributed by atoms with E-state index in [1.54, 1.807) is 0 Å². The highest BCUT2D eigenvalue weighted by molar-refractivity contribution is 8.00. The summed E-state index contributed by atoms with van der Waals surface area (Å²) in [6.07, 6.45) is 3.15. The van der Waals surface area contributed by atoms with E-state index in [1.807, 2.05) is 0 Å². The lowest BCUT2D eigenvalue weighted by Gasteiger charge is -2.28. The zero-order valence-corrected chi connectivity index (χ0v) is 13.3. The van der Waals surface area contributed by atoms with Gasteiger partial charge in [-0.1, -0.05) is 12.8 Å². The Hall–Kier alpha value is -0.770. The minimum atomic E-state index is -4.40. The maximum Gasteiger partial charge on any atom is 0.446 e. The molecule has 0 heterocycles. The molecule has 2 rings (SSSR count). The Morgan fingerprint density at radius 3 is 2.18 bits per heavy atom. The predicted molar refractivity (Wildman–Crippen MR) is 78.9 cm³/mol. The number of benzene rings is 1. The van der Waals surface area contributed by atoms with Crippen molar-refractivity contribution in [1.82, 2.24) is 4.72 Å². The van der Waals surface area contributed by atoms with Crippen molar-refractivity contribution in [2.75, 3.05) is 6.54 Å². The second-order valence-electron chi connectivity index (χ2n) is 5.32. The number of nitrogens with two attached hydrogens (primary N) is 1. The lowest BCUT2D eigenvalue weighted by Crippen LogP contribution is -2.51. The summed E-state index contributed by atoms with van der Waals surface area (Å²) >= 11 is -0.278. The Balaban J connectivity index is 2.16. The van der Waals surface area contributed by atoms with Gasteiger partial charge in [-0.2, -0.15) is 13.2 Å². The average Bonchev–Trinajstić information content (AvgIpc) is 2.86. The van der Waals surface area contributed by atoms with Crippen molar-refractivity contribution in [3.63, 3.8) is 0 Å². The number of sulfonamides is 1. The number of hydrogen-bond acceptors (Lipinski definition) is 4. The van der Waals surface area contributed by atoms with Gasteiger partial charge in [0.05, 0.1) is 4.90 Å². The Labute approximate surface area is 131 Å². The fraction of sp³-hybridized carbons (Fsp3) is 0.538. The molecule has 0 aliphatic heterocycles. The van der Waals surface area contributed by atoms with Crippen LogP contribution < -0.4 is 10.5 Å². The molecule has 1 aromatic carbocycles. The first-order chi connectivity index (χ1) is 10.2. The molecular weight excluding hydrogens is 337 g/mol. The van der Waals surface area contributed by atoms with Crippen LogP contribution in [-0.4, -0.2) is 26.0 Å². The molecule has 22 heavy (non-hydrogen) atoms. The van der Waals surface area contributed by atoms with Crippen molar-refractivity contribution >= 4 is 21.8 Å². The van der Waals surface area contributed by atoms with Gasteiger partial charge in [0, 0.05) is 17.0 Å². The van der Waals surface area contributed by atoms with Crippen LogP contribution in [0.25, 0.3) is 0 Å². The Morgan fingerprint density at radius 1 is 1.18 bits per heavy atom. The number of thioether (sulfide) groups is 1. The van der Waals surface area contributed by atoms with Crippen molar-refractivity contribution in [1.29, 1.82) is 0 Å². The van der Waals surface area contributed by atoms with E-state index < -0.39 is 21.1 Å². The molecular formula is C13H17F3N2O2S2. The molecule has 0 spiro atoms. The van der Waals surface area contributed by atoms with Crippen molar-refractivity contribution < 1.29 is 21.6 Å². The number of halogens is 3. The summed E-state index contributed by atoms with van der Waals surface area (Å²) in [7, 11) is -3.80. The SMILES string of the molecule is NCC1(NS(=O)(=O)c2ccc(SC(F)(F)F)cc2)CCCC1. The van der Waals surface area contributed by atoms with E-state index in [2.05, 4.69) is 4.72 Å². The maximum atomic E-state index is 12.4. The third-order valence-corrected chi connectivity index (χ3v) is 6.00. The molecule has 1 fully saturated rings. The van der Waals surface area contributed by atoms with Crippen molar-refractivity contribution in [3.05, 3.63) is 24.3 Å². The normalized spacial score (nSPS) is 18.5. The van der Waals surface area contributed by atoms with Gasteiger partial charge in [0.25, 0.3) is 0 Å². The van der Waals surface area contributed by atoms with Crippen LogP contribution in [0.5, 0.6) is 0 Å². The van der Waals surface area contributed by atoms with E-state index in [0.717, 1.165) is 25.0 Å². The van der Waals surface area contributed by atoms with Gasteiger partial charge in [0.2, 0.25) is 10.0 Å². The van der Waals surface area contributed by atoms with Crippen LogP contribution in [0.1, 0.15) is 25.7 Å². The van der Waals surface area contributed by atoms with Gasteiger partial charge in [-0.25, -0.2) is 13.1 Å². The van der Waals surface area contributed by atoms with Crippen LogP contribution in [0.3, 0.4) is 0 Å². The second kappa shape index (κ2) is 6.38. The number of hydrogen-bond donors (Lipinski definition) is 2. The van der Waals surface area contributed by atoms with E-state index in [9.17, 15) is 21.6 Å². The van der Waals surface area contributed by atoms with Gasteiger partial charge in [-0.15, -0.1) is 0 Å². The molecule has 9 heteroatoms. The Kier molecular flexibility index (Phi) is 5.10. The lowest BCUT2D eigenvalue weighted by molar-refractivity contribution is -0.0328. The van der Waals surface area contributed by atoms with Crippen LogP contribution in [0.2, 0.25) is 0 Å². The molecule has 0 aromatic heterocycles. The molecule has 1 aromatic rings. The summed E-state index contributed by atoms with van der Waals surface area (Å²) in [5, 5.41) is 0. The third-order valence-electron chi connectivity index (χ3n) is 3.67. The molecule has 0 bridgehead atoms. The first-order valence-corrected chi connectivity index (χ1v) is 9.06.